The van der Waals surface area contributed by atoms with Crippen molar-refractivity contribution in [3.8, 4) is 0 Å². The maximum absolute atomic E-state index is 3.51. The summed E-state index contributed by atoms with van der Waals surface area (Å²) in [5.41, 5.74) is 3.68. The molecule has 3 rings (SSSR count). The van der Waals surface area contributed by atoms with Gasteiger partial charge in [0.25, 0.3) is 0 Å². The number of para-hydroxylation sites is 1. The smallest absolute Gasteiger partial charge is 0.0647 e. The van der Waals surface area contributed by atoms with Crippen LogP contribution < -0.4 is 10.2 Å². The minimum atomic E-state index is 0.971. The van der Waals surface area contributed by atoms with Crippen molar-refractivity contribution in [3.05, 3.63) is 53.0 Å². The van der Waals surface area contributed by atoms with Gasteiger partial charge in [-0.05, 0) is 30.3 Å². The standard InChI is InChI=1S/C14H13BrN2/c15-11-6-7-14-13(10-11)16-8-9-17(14)12-4-2-1-3-5-12/h1-7,10,16H,8-9H2. The molecular weight excluding hydrogens is 276 g/mol. The lowest BCUT2D eigenvalue weighted by Crippen LogP contribution is -2.29. The van der Waals surface area contributed by atoms with Crippen LogP contribution in [-0.4, -0.2) is 13.1 Å². The molecule has 0 fully saturated rings. The number of nitrogens with zero attached hydrogens (tertiary/aromatic N) is 1. The number of fused-ring (bicyclic) bond motifs is 1. The zero-order valence-corrected chi connectivity index (χ0v) is 10.9. The fourth-order valence-electron chi connectivity index (χ4n) is 2.18. The zero-order chi connectivity index (χ0) is 11.7. The highest BCUT2D eigenvalue weighted by molar-refractivity contribution is 9.10. The number of benzene rings is 2. The van der Waals surface area contributed by atoms with Gasteiger partial charge in [0.15, 0.2) is 0 Å². The maximum Gasteiger partial charge on any atom is 0.0647 e. The Kier molecular flexibility index (Phi) is 2.77. The molecule has 0 saturated carbocycles. The molecule has 86 valence electrons. The van der Waals surface area contributed by atoms with E-state index in [1.54, 1.807) is 0 Å². The van der Waals surface area contributed by atoms with Gasteiger partial charge in [0.2, 0.25) is 0 Å². The Balaban J connectivity index is 2.06. The number of anilines is 3. The number of hydrogen-bond donors (Lipinski definition) is 1. The molecule has 1 aliphatic heterocycles. The molecule has 0 unspecified atom stereocenters. The van der Waals surface area contributed by atoms with E-state index in [1.165, 1.54) is 17.1 Å². The molecule has 1 N–H and O–H groups in total. The molecule has 3 heteroatoms. The van der Waals surface area contributed by atoms with Crippen LogP contribution in [0.3, 0.4) is 0 Å². The summed E-state index contributed by atoms with van der Waals surface area (Å²) in [5, 5.41) is 3.43. The first-order chi connectivity index (χ1) is 8.34. The van der Waals surface area contributed by atoms with E-state index in [4.69, 9.17) is 0 Å². The average molecular weight is 289 g/mol. The van der Waals surface area contributed by atoms with Crippen LogP contribution in [0.5, 0.6) is 0 Å². The third-order valence-corrected chi connectivity index (χ3v) is 3.46. The highest BCUT2D eigenvalue weighted by Gasteiger charge is 2.17. The zero-order valence-electron chi connectivity index (χ0n) is 9.36. The van der Waals surface area contributed by atoms with Crippen LogP contribution in [0.2, 0.25) is 0 Å². The summed E-state index contributed by atoms with van der Waals surface area (Å²) in [5.74, 6) is 0. The first-order valence-corrected chi connectivity index (χ1v) is 6.50. The van der Waals surface area contributed by atoms with E-state index in [1.807, 2.05) is 6.07 Å². The Morgan fingerprint density at radius 2 is 1.88 bits per heavy atom. The van der Waals surface area contributed by atoms with Crippen molar-refractivity contribution in [1.82, 2.24) is 0 Å². The Labute approximate surface area is 109 Å². The highest BCUT2D eigenvalue weighted by atomic mass is 79.9. The van der Waals surface area contributed by atoms with Crippen LogP contribution in [0.15, 0.2) is 53.0 Å². The summed E-state index contributed by atoms with van der Waals surface area (Å²) in [4.78, 5) is 2.35. The Hall–Kier alpha value is -1.48. The second-order valence-electron chi connectivity index (χ2n) is 4.08. The van der Waals surface area contributed by atoms with E-state index in [0.29, 0.717) is 0 Å². The second-order valence-corrected chi connectivity index (χ2v) is 4.99. The van der Waals surface area contributed by atoms with Crippen LogP contribution in [0.1, 0.15) is 0 Å². The van der Waals surface area contributed by atoms with Gasteiger partial charge in [-0.25, -0.2) is 0 Å². The van der Waals surface area contributed by atoms with Crippen molar-refractivity contribution in [2.75, 3.05) is 23.3 Å². The van der Waals surface area contributed by atoms with Crippen molar-refractivity contribution < 1.29 is 0 Å². The van der Waals surface area contributed by atoms with E-state index in [0.717, 1.165) is 17.6 Å². The van der Waals surface area contributed by atoms with E-state index in [2.05, 4.69) is 68.6 Å². The average Bonchev–Trinajstić information content (AvgIpc) is 2.39. The second kappa shape index (κ2) is 4.41. The van der Waals surface area contributed by atoms with Crippen LogP contribution in [0.25, 0.3) is 0 Å². The van der Waals surface area contributed by atoms with E-state index in [-0.39, 0.29) is 0 Å². The fourth-order valence-corrected chi connectivity index (χ4v) is 2.55. The molecular formula is C14H13BrN2. The van der Waals surface area contributed by atoms with Crippen LogP contribution >= 0.6 is 15.9 Å². The predicted molar refractivity (Wildman–Crippen MR) is 76.1 cm³/mol. The largest absolute Gasteiger partial charge is 0.382 e. The van der Waals surface area contributed by atoms with Crippen molar-refractivity contribution >= 4 is 33.0 Å². The third-order valence-electron chi connectivity index (χ3n) is 2.97. The molecule has 2 aromatic rings. The highest BCUT2D eigenvalue weighted by Crippen LogP contribution is 2.36. The molecule has 0 radical (unpaired) electrons. The number of hydrogen-bond acceptors (Lipinski definition) is 2. The summed E-state index contributed by atoms with van der Waals surface area (Å²) in [6.45, 7) is 1.97. The van der Waals surface area contributed by atoms with Crippen LogP contribution in [-0.2, 0) is 0 Å². The van der Waals surface area contributed by atoms with Crippen molar-refractivity contribution in [3.63, 3.8) is 0 Å². The summed E-state index contributed by atoms with van der Waals surface area (Å²) in [6.07, 6.45) is 0. The van der Waals surface area contributed by atoms with Gasteiger partial charge in [0, 0.05) is 23.2 Å². The van der Waals surface area contributed by atoms with Gasteiger partial charge in [0.05, 0.1) is 11.4 Å². The summed E-state index contributed by atoms with van der Waals surface area (Å²) in [6, 6.07) is 16.9. The quantitative estimate of drug-likeness (QED) is 0.853. The normalized spacial score (nSPS) is 14.1. The Morgan fingerprint density at radius 1 is 1.06 bits per heavy atom. The van der Waals surface area contributed by atoms with Gasteiger partial charge >= 0.3 is 0 Å². The van der Waals surface area contributed by atoms with Gasteiger partial charge in [-0.15, -0.1) is 0 Å². The monoisotopic (exact) mass is 288 g/mol. The third kappa shape index (κ3) is 2.03. The minimum absolute atomic E-state index is 0.971. The topological polar surface area (TPSA) is 15.3 Å². The molecule has 0 saturated heterocycles. The molecule has 1 heterocycles. The maximum atomic E-state index is 3.51. The Bertz CT molecular complexity index is 525. The van der Waals surface area contributed by atoms with Crippen molar-refractivity contribution in [2.24, 2.45) is 0 Å². The van der Waals surface area contributed by atoms with Gasteiger partial charge in [0.1, 0.15) is 0 Å². The SMILES string of the molecule is Brc1ccc2c(c1)NCCN2c1ccccc1. The van der Waals surface area contributed by atoms with E-state index >= 15 is 0 Å². The van der Waals surface area contributed by atoms with E-state index < -0.39 is 0 Å². The lowest BCUT2D eigenvalue weighted by Gasteiger charge is -2.32. The number of nitrogens with one attached hydrogen (secondary N) is 1. The van der Waals surface area contributed by atoms with Crippen molar-refractivity contribution in [1.29, 1.82) is 0 Å². The molecule has 0 spiro atoms. The Morgan fingerprint density at radius 3 is 2.71 bits per heavy atom. The molecule has 17 heavy (non-hydrogen) atoms. The van der Waals surface area contributed by atoms with Crippen LogP contribution in [0, 0.1) is 0 Å². The minimum Gasteiger partial charge on any atom is -0.382 e. The summed E-state index contributed by atoms with van der Waals surface area (Å²) >= 11 is 3.51. The lowest BCUT2D eigenvalue weighted by molar-refractivity contribution is 0.926. The molecule has 1 aliphatic rings. The molecule has 2 nitrogen and oxygen atoms in total. The number of rotatable bonds is 1. The van der Waals surface area contributed by atoms with Crippen molar-refractivity contribution in [2.45, 2.75) is 0 Å². The first kappa shape index (κ1) is 10.7. The molecule has 0 amide bonds. The molecule has 0 aromatic heterocycles. The molecule has 0 bridgehead atoms. The van der Waals surface area contributed by atoms with E-state index in [9.17, 15) is 0 Å². The fraction of sp³-hybridized carbons (Fsp3) is 0.143. The van der Waals surface area contributed by atoms with Crippen LogP contribution in [0.4, 0.5) is 17.1 Å². The summed E-state index contributed by atoms with van der Waals surface area (Å²) < 4.78 is 1.11. The van der Waals surface area contributed by atoms with Gasteiger partial charge in [-0.3, -0.25) is 0 Å². The first-order valence-electron chi connectivity index (χ1n) is 5.70. The molecule has 0 atom stereocenters. The predicted octanol–water partition coefficient (Wildman–Crippen LogP) is 4.01. The summed E-state index contributed by atoms with van der Waals surface area (Å²) in [7, 11) is 0. The molecule has 0 aliphatic carbocycles. The number of halogens is 1. The molecule has 2 aromatic carbocycles. The van der Waals surface area contributed by atoms with Gasteiger partial charge in [-0.2, -0.15) is 0 Å². The lowest BCUT2D eigenvalue weighted by atomic mass is 10.1. The van der Waals surface area contributed by atoms with Gasteiger partial charge < -0.3 is 10.2 Å². The van der Waals surface area contributed by atoms with Gasteiger partial charge in [-0.1, -0.05) is 34.1 Å².